The molecule has 0 saturated carbocycles. The number of phosphoric acid groups is 1. The maximum Gasteiger partial charge on any atom is 0.524 e. The van der Waals surface area contributed by atoms with Gasteiger partial charge >= 0.3 is 7.82 Å². The average molecular weight is 426 g/mol. The van der Waals surface area contributed by atoms with Gasteiger partial charge in [0.25, 0.3) is 0 Å². The predicted octanol–water partition coefficient (Wildman–Crippen LogP) is 6.35. The molecule has 0 spiro atoms. The Morgan fingerprint density at radius 3 is 2.07 bits per heavy atom. The fourth-order valence-corrected chi connectivity index (χ4v) is 3.36. The fourth-order valence-electron chi connectivity index (χ4n) is 2.96. The molecule has 29 heavy (non-hydrogen) atoms. The van der Waals surface area contributed by atoms with E-state index in [1.165, 1.54) is 57.1 Å². The van der Waals surface area contributed by atoms with E-state index >= 15 is 0 Å². The van der Waals surface area contributed by atoms with Crippen molar-refractivity contribution >= 4 is 19.4 Å². The molecule has 0 aliphatic carbocycles. The van der Waals surface area contributed by atoms with Gasteiger partial charge in [-0.25, -0.2) is 4.57 Å². The van der Waals surface area contributed by atoms with Crippen molar-refractivity contribution in [1.29, 1.82) is 0 Å². The largest absolute Gasteiger partial charge is 0.524 e. The molecule has 0 aliphatic rings. The van der Waals surface area contributed by atoms with E-state index < -0.39 is 7.82 Å². The Labute approximate surface area is 175 Å². The number of hydrogen-bond donors (Lipinski definition) is 3. The lowest BCUT2D eigenvalue weighted by molar-refractivity contribution is -0.116. The van der Waals surface area contributed by atoms with Gasteiger partial charge in [0.15, 0.2) is 0 Å². The highest BCUT2D eigenvalue weighted by molar-refractivity contribution is 7.46. The minimum Gasteiger partial charge on any atom is -0.404 e. The molecule has 0 bridgehead atoms. The second-order valence-corrected chi connectivity index (χ2v) is 8.45. The maximum atomic E-state index is 12.0. The molecule has 3 N–H and O–H groups in total. The van der Waals surface area contributed by atoms with Crippen LogP contribution in [0.5, 0.6) is 5.75 Å². The number of rotatable bonds is 16. The lowest BCUT2D eigenvalue weighted by atomic mass is 10.1. The van der Waals surface area contributed by atoms with Gasteiger partial charge in [0, 0.05) is 12.1 Å². The zero-order valence-electron chi connectivity index (χ0n) is 17.5. The minimum atomic E-state index is -4.56. The molecule has 0 fully saturated rings. The van der Waals surface area contributed by atoms with Crippen molar-refractivity contribution in [1.82, 2.24) is 0 Å². The van der Waals surface area contributed by atoms with Gasteiger partial charge in [0.05, 0.1) is 0 Å². The van der Waals surface area contributed by atoms with E-state index in [0.717, 1.165) is 25.7 Å². The molecule has 0 saturated heterocycles. The van der Waals surface area contributed by atoms with Crippen LogP contribution in [0.1, 0.15) is 84.0 Å². The molecule has 0 aliphatic heterocycles. The van der Waals surface area contributed by atoms with Crippen LogP contribution in [0.2, 0.25) is 0 Å². The molecule has 0 atom stereocenters. The molecule has 0 heterocycles. The van der Waals surface area contributed by atoms with Gasteiger partial charge in [-0.15, -0.1) is 0 Å². The van der Waals surface area contributed by atoms with Gasteiger partial charge in [-0.2, -0.15) is 0 Å². The Hall–Kier alpha value is -1.62. The SMILES string of the molecule is CCCCCC/C=C\CCCCCCCC(=O)Nc1ccc(OP(=O)(O)O)cc1. The number of anilines is 1. The molecular formula is C22H36NO5P. The van der Waals surface area contributed by atoms with Crippen LogP contribution in [0, 0.1) is 0 Å². The Bertz CT molecular complexity index is 639. The topological polar surface area (TPSA) is 95.9 Å². The van der Waals surface area contributed by atoms with Crippen LogP contribution in [0.3, 0.4) is 0 Å². The molecule has 0 aromatic heterocycles. The smallest absolute Gasteiger partial charge is 0.404 e. The molecule has 0 radical (unpaired) electrons. The number of benzene rings is 1. The third-order valence-electron chi connectivity index (χ3n) is 4.53. The third kappa shape index (κ3) is 15.0. The number of unbranched alkanes of at least 4 members (excludes halogenated alkanes) is 9. The lowest BCUT2D eigenvalue weighted by Crippen LogP contribution is -2.10. The van der Waals surface area contributed by atoms with Gasteiger partial charge in [-0.05, 0) is 56.4 Å². The molecule has 1 amide bonds. The summed E-state index contributed by atoms with van der Waals surface area (Å²) in [6.45, 7) is 2.23. The number of hydrogen-bond acceptors (Lipinski definition) is 3. The quantitative estimate of drug-likeness (QED) is 0.163. The van der Waals surface area contributed by atoms with Crippen molar-refractivity contribution in [3.05, 3.63) is 36.4 Å². The highest BCUT2D eigenvalue weighted by Gasteiger charge is 2.15. The van der Waals surface area contributed by atoms with E-state index in [1.807, 2.05) is 0 Å². The van der Waals surface area contributed by atoms with Crippen molar-refractivity contribution in [2.75, 3.05) is 5.32 Å². The fraction of sp³-hybridized carbons (Fsp3) is 0.591. The Balaban J connectivity index is 2.03. The Morgan fingerprint density at radius 1 is 0.931 bits per heavy atom. The van der Waals surface area contributed by atoms with Crippen LogP contribution >= 0.6 is 7.82 Å². The number of phosphoric ester groups is 1. The van der Waals surface area contributed by atoms with E-state index in [-0.39, 0.29) is 11.7 Å². The Kier molecular flexibility index (Phi) is 13.4. The third-order valence-corrected chi connectivity index (χ3v) is 4.98. The molecule has 1 aromatic rings. The molecule has 0 unspecified atom stereocenters. The van der Waals surface area contributed by atoms with Crippen LogP contribution in [0.4, 0.5) is 5.69 Å². The second kappa shape index (κ2) is 15.3. The summed E-state index contributed by atoms with van der Waals surface area (Å²) in [6, 6.07) is 5.93. The standard InChI is InChI=1S/C22H36NO5P/c1-2-3-4-5-6-7-8-9-10-11-12-13-14-15-22(24)23-20-16-18-21(19-17-20)28-29(25,26)27/h7-8,16-19H,2-6,9-15H2,1H3,(H,23,24)(H2,25,26,27)/b8-7-. The van der Waals surface area contributed by atoms with E-state index in [1.54, 1.807) is 12.1 Å². The lowest BCUT2D eigenvalue weighted by Gasteiger charge is -2.08. The molecule has 1 aromatic carbocycles. The first kappa shape index (κ1) is 25.4. The number of nitrogens with one attached hydrogen (secondary N) is 1. The summed E-state index contributed by atoms with van der Waals surface area (Å²) in [5, 5.41) is 2.78. The number of carbonyl (C=O) groups is 1. The first-order valence-corrected chi connectivity index (χ1v) is 12.2. The van der Waals surface area contributed by atoms with Crippen molar-refractivity contribution < 1.29 is 23.7 Å². The van der Waals surface area contributed by atoms with Crippen molar-refractivity contribution in [2.45, 2.75) is 84.0 Å². The minimum absolute atomic E-state index is 0.0559. The number of carbonyl (C=O) groups excluding carboxylic acids is 1. The van der Waals surface area contributed by atoms with Gasteiger partial charge in [-0.3, -0.25) is 14.6 Å². The molecular weight excluding hydrogens is 389 g/mol. The second-order valence-electron chi connectivity index (χ2n) is 7.28. The molecule has 6 nitrogen and oxygen atoms in total. The van der Waals surface area contributed by atoms with E-state index in [2.05, 4.69) is 28.9 Å². The van der Waals surface area contributed by atoms with Gasteiger partial charge in [-0.1, -0.05) is 57.6 Å². The summed E-state index contributed by atoms with van der Waals surface area (Å²) in [6.07, 6.45) is 18.2. The highest BCUT2D eigenvalue weighted by atomic mass is 31.2. The first-order chi connectivity index (χ1) is 13.9. The number of amides is 1. The highest BCUT2D eigenvalue weighted by Crippen LogP contribution is 2.37. The van der Waals surface area contributed by atoms with Crippen molar-refractivity contribution in [3.8, 4) is 5.75 Å². The van der Waals surface area contributed by atoms with Crippen LogP contribution in [-0.4, -0.2) is 15.7 Å². The molecule has 7 heteroatoms. The van der Waals surface area contributed by atoms with Crippen molar-refractivity contribution in [3.63, 3.8) is 0 Å². The van der Waals surface area contributed by atoms with Crippen molar-refractivity contribution in [2.24, 2.45) is 0 Å². The predicted molar refractivity (Wildman–Crippen MR) is 118 cm³/mol. The monoisotopic (exact) mass is 425 g/mol. The zero-order valence-corrected chi connectivity index (χ0v) is 18.4. The summed E-state index contributed by atoms with van der Waals surface area (Å²) in [5.74, 6) is 0.00216. The molecule has 1 rings (SSSR count). The zero-order chi connectivity index (χ0) is 21.4. The van der Waals surface area contributed by atoms with Crippen LogP contribution in [0.25, 0.3) is 0 Å². The summed E-state index contributed by atoms with van der Waals surface area (Å²) in [4.78, 5) is 29.5. The van der Waals surface area contributed by atoms with E-state index in [4.69, 9.17) is 9.79 Å². The maximum absolute atomic E-state index is 12.0. The van der Waals surface area contributed by atoms with Crippen LogP contribution in [-0.2, 0) is 9.36 Å². The van der Waals surface area contributed by atoms with Gasteiger partial charge < -0.3 is 9.84 Å². The summed E-state index contributed by atoms with van der Waals surface area (Å²) in [5.41, 5.74) is 0.578. The summed E-state index contributed by atoms with van der Waals surface area (Å²) < 4.78 is 15.2. The first-order valence-electron chi connectivity index (χ1n) is 10.7. The summed E-state index contributed by atoms with van der Waals surface area (Å²) in [7, 11) is -4.56. The van der Waals surface area contributed by atoms with Gasteiger partial charge in [0.1, 0.15) is 5.75 Å². The normalized spacial score (nSPS) is 11.7. The summed E-state index contributed by atoms with van der Waals surface area (Å²) >= 11 is 0. The van der Waals surface area contributed by atoms with E-state index in [0.29, 0.717) is 12.1 Å². The van der Waals surface area contributed by atoms with E-state index in [9.17, 15) is 9.36 Å². The average Bonchev–Trinajstić information content (AvgIpc) is 2.66. The van der Waals surface area contributed by atoms with Crippen LogP contribution < -0.4 is 9.84 Å². The number of allylic oxidation sites excluding steroid dienone is 2. The molecule has 164 valence electrons. The van der Waals surface area contributed by atoms with Crippen LogP contribution in [0.15, 0.2) is 36.4 Å². The Morgan fingerprint density at radius 2 is 1.48 bits per heavy atom. The van der Waals surface area contributed by atoms with Gasteiger partial charge in [0.2, 0.25) is 5.91 Å².